The van der Waals surface area contributed by atoms with Crippen LogP contribution in [-0.2, 0) is 0 Å². The Balaban J connectivity index is 2.11. The lowest BCUT2D eigenvalue weighted by atomic mass is 10.1. The standard InChI is InChI=1S/C17H27ClN2S/c1-5-8-19-13(2)15-7-6-14(11-16(15)18)20-9-10-21-17(3,4)12-20/h6-7,11,13,19H,5,8-10,12H2,1-4H3. The van der Waals surface area contributed by atoms with Gasteiger partial charge < -0.3 is 10.2 Å². The first-order valence-electron chi connectivity index (χ1n) is 7.84. The Morgan fingerprint density at radius 1 is 1.43 bits per heavy atom. The summed E-state index contributed by atoms with van der Waals surface area (Å²) in [6.45, 7) is 12.2. The third kappa shape index (κ3) is 4.54. The minimum Gasteiger partial charge on any atom is -0.369 e. The third-order valence-electron chi connectivity index (χ3n) is 3.94. The Kier molecular flexibility index (Phi) is 5.87. The molecule has 1 aromatic carbocycles. The van der Waals surface area contributed by atoms with Crippen molar-refractivity contribution >= 4 is 29.1 Å². The SMILES string of the molecule is CCCNC(C)c1ccc(N2CCSC(C)(C)C2)cc1Cl. The summed E-state index contributed by atoms with van der Waals surface area (Å²) in [6, 6.07) is 6.84. The Hall–Kier alpha value is -0.380. The second-order valence-electron chi connectivity index (χ2n) is 6.41. The predicted molar refractivity (Wildman–Crippen MR) is 96.9 cm³/mol. The minimum absolute atomic E-state index is 0.305. The van der Waals surface area contributed by atoms with Crippen LogP contribution in [0, 0.1) is 0 Å². The first-order valence-corrected chi connectivity index (χ1v) is 9.21. The smallest absolute Gasteiger partial charge is 0.0474 e. The molecule has 0 radical (unpaired) electrons. The van der Waals surface area contributed by atoms with Crippen molar-refractivity contribution in [1.82, 2.24) is 5.32 Å². The van der Waals surface area contributed by atoms with Crippen molar-refractivity contribution in [2.24, 2.45) is 0 Å². The lowest BCUT2D eigenvalue weighted by molar-refractivity contribution is 0.570. The van der Waals surface area contributed by atoms with E-state index in [-0.39, 0.29) is 0 Å². The van der Waals surface area contributed by atoms with Crippen LogP contribution in [0.15, 0.2) is 18.2 Å². The molecule has 0 saturated carbocycles. The minimum atomic E-state index is 0.305. The van der Waals surface area contributed by atoms with Gasteiger partial charge in [-0.2, -0.15) is 11.8 Å². The molecular formula is C17H27ClN2S. The number of nitrogens with one attached hydrogen (secondary N) is 1. The van der Waals surface area contributed by atoms with E-state index in [9.17, 15) is 0 Å². The topological polar surface area (TPSA) is 15.3 Å². The van der Waals surface area contributed by atoms with Crippen LogP contribution in [0.25, 0.3) is 0 Å². The quantitative estimate of drug-likeness (QED) is 0.842. The van der Waals surface area contributed by atoms with Gasteiger partial charge in [0.25, 0.3) is 0 Å². The van der Waals surface area contributed by atoms with Crippen LogP contribution < -0.4 is 10.2 Å². The third-order valence-corrected chi connectivity index (χ3v) is 5.57. The van der Waals surface area contributed by atoms with E-state index in [4.69, 9.17) is 11.6 Å². The number of anilines is 1. The summed E-state index contributed by atoms with van der Waals surface area (Å²) in [5.74, 6) is 1.18. The number of thioether (sulfide) groups is 1. The number of nitrogens with zero attached hydrogens (tertiary/aromatic N) is 1. The largest absolute Gasteiger partial charge is 0.369 e. The molecule has 0 amide bonds. The molecule has 0 aliphatic carbocycles. The first kappa shape index (κ1) is 17.0. The highest BCUT2D eigenvalue weighted by molar-refractivity contribution is 8.00. The van der Waals surface area contributed by atoms with E-state index >= 15 is 0 Å². The average molecular weight is 327 g/mol. The van der Waals surface area contributed by atoms with E-state index < -0.39 is 0 Å². The number of hydrogen-bond acceptors (Lipinski definition) is 3. The molecule has 2 rings (SSSR count). The Labute approximate surface area is 138 Å². The Morgan fingerprint density at radius 3 is 2.81 bits per heavy atom. The van der Waals surface area contributed by atoms with Crippen molar-refractivity contribution in [3.8, 4) is 0 Å². The Bertz CT molecular complexity index is 476. The second kappa shape index (κ2) is 7.26. The van der Waals surface area contributed by atoms with Gasteiger partial charge in [0.2, 0.25) is 0 Å². The van der Waals surface area contributed by atoms with Crippen LogP contribution in [0.5, 0.6) is 0 Å². The molecule has 0 bridgehead atoms. The fraction of sp³-hybridized carbons (Fsp3) is 0.647. The maximum absolute atomic E-state index is 6.52. The van der Waals surface area contributed by atoms with Gasteiger partial charge in [-0.3, -0.25) is 0 Å². The summed E-state index contributed by atoms with van der Waals surface area (Å²) in [5.41, 5.74) is 2.44. The molecule has 1 aromatic rings. The fourth-order valence-corrected chi connectivity index (χ4v) is 4.22. The molecule has 1 aliphatic heterocycles. The van der Waals surface area contributed by atoms with Gasteiger partial charge in [0.15, 0.2) is 0 Å². The van der Waals surface area contributed by atoms with Crippen molar-refractivity contribution in [2.45, 2.75) is 44.9 Å². The van der Waals surface area contributed by atoms with Crippen LogP contribution in [0.3, 0.4) is 0 Å². The summed E-state index contributed by atoms with van der Waals surface area (Å²) < 4.78 is 0.319. The summed E-state index contributed by atoms with van der Waals surface area (Å²) in [5, 5.41) is 4.37. The molecule has 1 aliphatic rings. The van der Waals surface area contributed by atoms with Crippen molar-refractivity contribution in [2.75, 3.05) is 30.3 Å². The molecule has 2 nitrogen and oxygen atoms in total. The number of halogens is 1. The van der Waals surface area contributed by atoms with Gasteiger partial charge in [-0.05, 0) is 51.4 Å². The van der Waals surface area contributed by atoms with Crippen LogP contribution in [0.1, 0.15) is 45.7 Å². The molecular weight excluding hydrogens is 300 g/mol. The monoisotopic (exact) mass is 326 g/mol. The van der Waals surface area contributed by atoms with Crippen LogP contribution in [0.2, 0.25) is 5.02 Å². The van der Waals surface area contributed by atoms with Gasteiger partial charge in [-0.1, -0.05) is 24.6 Å². The molecule has 1 unspecified atom stereocenters. The molecule has 21 heavy (non-hydrogen) atoms. The highest BCUT2D eigenvalue weighted by atomic mass is 35.5. The van der Waals surface area contributed by atoms with Gasteiger partial charge in [-0.25, -0.2) is 0 Å². The lowest BCUT2D eigenvalue weighted by Crippen LogP contribution is -2.43. The summed E-state index contributed by atoms with van der Waals surface area (Å²) in [6.07, 6.45) is 1.14. The van der Waals surface area contributed by atoms with Crippen LogP contribution in [0.4, 0.5) is 5.69 Å². The maximum atomic E-state index is 6.52. The summed E-state index contributed by atoms with van der Waals surface area (Å²) in [7, 11) is 0. The van der Waals surface area contributed by atoms with Gasteiger partial charge >= 0.3 is 0 Å². The molecule has 1 saturated heterocycles. The maximum Gasteiger partial charge on any atom is 0.0474 e. The van der Waals surface area contributed by atoms with Gasteiger partial charge in [0.05, 0.1) is 0 Å². The molecule has 1 N–H and O–H groups in total. The summed E-state index contributed by atoms with van der Waals surface area (Å²) in [4.78, 5) is 2.45. The number of hydrogen-bond donors (Lipinski definition) is 1. The zero-order valence-corrected chi connectivity index (χ0v) is 15.2. The van der Waals surface area contributed by atoms with Gasteiger partial charge in [0, 0.05) is 40.3 Å². The van der Waals surface area contributed by atoms with Crippen LogP contribution >= 0.6 is 23.4 Å². The fourth-order valence-electron chi connectivity index (χ4n) is 2.77. The second-order valence-corrected chi connectivity index (χ2v) is 8.62. The molecule has 1 atom stereocenters. The van der Waals surface area contributed by atoms with Gasteiger partial charge in [-0.15, -0.1) is 0 Å². The van der Waals surface area contributed by atoms with E-state index in [2.05, 4.69) is 67.9 Å². The van der Waals surface area contributed by atoms with Crippen molar-refractivity contribution in [3.05, 3.63) is 28.8 Å². The van der Waals surface area contributed by atoms with Crippen molar-refractivity contribution in [3.63, 3.8) is 0 Å². The predicted octanol–water partition coefficient (Wildman–Crippen LogP) is 4.73. The lowest BCUT2D eigenvalue weighted by Gasteiger charge is -2.39. The molecule has 118 valence electrons. The van der Waals surface area contributed by atoms with Gasteiger partial charge in [0.1, 0.15) is 0 Å². The normalized spacial score (nSPS) is 19.6. The molecule has 4 heteroatoms. The van der Waals surface area contributed by atoms with E-state index in [1.165, 1.54) is 17.0 Å². The van der Waals surface area contributed by atoms with Crippen LogP contribution in [-0.4, -0.2) is 30.1 Å². The van der Waals surface area contributed by atoms with E-state index in [0.717, 1.165) is 31.1 Å². The first-order chi connectivity index (χ1) is 9.93. The summed E-state index contributed by atoms with van der Waals surface area (Å²) >= 11 is 8.58. The van der Waals surface area contributed by atoms with E-state index in [0.29, 0.717) is 10.8 Å². The van der Waals surface area contributed by atoms with E-state index in [1.807, 2.05) is 0 Å². The zero-order chi connectivity index (χ0) is 15.5. The number of rotatable bonds is 5. The molecule has 1 heterocycles. The van der Waals surface area contributed by atoms with Crippen molar-refractivity contribution in [1.29, 1.82) is 0 Å². The highest BCUT2D eigenvalue weighted by Crippen LogP contribution is 2.34. The zero-order valence-electron chi connectivity index (χ0n) is 13.6. The van der Waals surface area contributed by atoms with Crippen molar-refractivity contribution < 1.29 is 0 Å². The van der Waals surface area contributed by atoms with E-state index in [1.54, 1.807) is 0 Å². The number of benzene rings is 1. The highest BCUT2D eigenvalue weighted by Gasteiger charge is 2.27. The molecule has 0 spiro atoms. The Morgan fingerprint density at radius 2 is 2.19 bits per heavy atom. The molecule has 1 fully saturated rings. The molecule has 0 aromatic heterocycles. The average Bonchev–Trinajstić information content (AvgIpc) is 2.43.